The Hall–Kier alpha value is -1.26. The van der Waals surface area contributed by atoms with Crippen molar-refractivity contribution in [1.82, 2.24) is 4.90 Å². The minimum absolute atomic E-state index is 0.158. The van der Waals surface area contributed by atoms with Gasteiger partial charge in [-0.3, -0.25) is 4.90 Å². The van der Waals surface area contributed by atoms with E-state index < -0.39 is 0 Å². The summed E-state index contributed by atoms with van der Waals surface area (Å²) in [6.07, 6.45) is 7.70. The van der Waals surface area contributed by atoms with E-state index in [0.29, 0.717) is 12.9 Å². The van der Waals surface area contributed by atoms with Crippen LogP contribution in [0.4, 0.5) is 0 Å². The van der Waals surface area contributed by atoms with Crippen LogP contribution in [0.5, 0.6) is 11.5 Å². The van der Waals surface area contributed by atoms with E-state index in [1.54, 1.807) is 0 Å². The monoisotopic (exact) mass is 315 g/mol. The van der Waals surface area contributed by atoms with Crippen LogP contribution in [0.3, 0.4) is 0 Å². The second-order valence-electron chi connectivity index (χ2n) is 7.50. The quantitative estimate of drug-likeness (QED) is 0.797. The van der Waals surface area contributed by atoms with E-state index in [0.717, 1.165) is 30.3 Å². The molecule has 0 bridgehead atoms. The molecule has 4 aliphatic rings. The zero-order chi connectivity index (χ0) is 15.4. The molecule has 3 heterocycles. The first-order valence-corrected chi connectivity index (χ1v) is 9.02. The van der Waals surface area contributed by atoms with Gasteiger partial charge in [-0.15, -0.1) is 0 Å². The molecule has 1 aromatic rings. The largest absolute Gasteiger partial charge is 0.454 e. The lowest BCUT2D eigenvalue weighted by Gasteiger charge is -2.48. The molecule has 0 radical (unpaired) electrons. The van der Waals surface area contributed by atoms with Gasteiger partial charge in [-0.05, 0) is 80.8 Å². The summed E-state index contributed by atoms with van der Waals surface area (Å²) in [4.78, 5) is 2.76. The average Bonchev–Trinajstić information content (AvgIpc) is 3.15. The Morgan fingerprint density at radius 3 is 2.87 bits per heavy atom. The lowest BCUT2D eigenvalue weighted by Crippen LogP contribution is -2.50. The van der Waals surface area contributed by atoms with Crippen LogP contribution in [0.1, 0.15) is 43.2 Å². The third kappa shape index (κ3) is 1.91. The molecule has 0 N–H and O–H groups in total. The molecule has 4 heteroatoms. The van der Waals surface area contributed by atoms with Crippen molar-refractivity contribution in [3.8, 4) is 11.5 Å². The molecule has 1 aromatic carbocycles. The van der Waals surface area contributed by atoms with Crippen molar-refractivity contribution in [3.63, 3.8) is 0 Å². The van der Waals surface area contributed by atoms with Crippen molar-refractivity contribution in [2.24, 2.45) is 5.92 Å². The van der Waals surface area contributed by atoms with Gasteiger partial charge in [0.1, 0.15) is 0 Å². The number of methoxy groups -OCH3 is 1. The number of ether oxygens (including phenoxy) is 3. The maximum absolute atomic E-state index is 5.81. The summed E-state index contributed by atoms with van der Waals surface area (Å²) in [6, 6.07) is 4.55. The standard InChI is InChI=1S/C19H25NO3/c1-21-15-5-4-14-6-8-20-7-2-3-13-9-17-18(23-12-22-17)10-16(13)19(14,20)11-15/h9-10,14-15H,2-8,11-12H2,1H3/t14-,15-,19-/m0/s1. The highest BCUT2D eigenvalue weighted by atomic mass is 16.7. The predicted molar refractivity (Wildman–Crippen MR) is 86.9 cm³/mol. The highest BCUT2D eigenvalue weighted by Gasteiger charge is 2.54. The van der Waals surface area contributed by atoms with Crippen molar-refractivity contribution < 1.29 is 14.2 Å². The van der Waals surface area contributed by atoms with Crippen molar-refractivity contribution in [2.45, 2.75) is 50.2 Å². The minimum Gasteiger partial charge on any atom is -0.454 e. The molecular formula is C19H25NO3. The molecule has 3 atom stereocenters. The molecule has 4 nitrogen and oxygen atoms in total. The fourth-order valence-electron chi connectivity index (χ4n) is 5.59. The number of rotatable bonds is 1. The second-order valence-corrected chi connectivity index (χ2v) is 7.50. The van der Waals surface area contributed by atoms with Gasteiger partial charge in [0.15, 0.2) is 11.5 Å². The Balaban J connectivity index is 1.69. The van der Waals surface area contributed by atoms with E-state index in [1.165, 1.54) is 49.9 Å². The summed E-state index contributed by atoms with van der Waals surface area (Å²) < 4.78 is 17.2. The topological polar surface area (TPSA) is 30.9 Å². The van der Waals surface area contributed by atoms with Crippen molar-refractivity contribution in [1.29, 1.82) is 0 Å². The lowest BCUT2D eigenvalue weighted by atomic mass is 9.67. The molecule has 3 aliphatic heterocycles. The van der Waals surface area contributed by atoms with Crippen molar-refractivity contribution >= 4 is 0 Å². The SMILES string of the molecule is CO[C@H]1CC[C@H]2CCN3CCCc4cc5c(cc4[C@]23C1)OCO5. The third-order valence-corrected chi connectivity index (χ3v) is 6.64. The zero-order valence-corrected chi connectivity index (χ0v) is 13.8. The van der Waals surface area contributed by atoms with E-state index in [2.05, 4.69) is 17.0 Å². The third-order valence-electron chi connectivity index (χ3n) is 6.64. The maximum atomic E-state index is 5.81. The molecule has 1 saturated carbocycles. The highest BCUT2D eigenvalue weighted by molar-refractivity contribution is 5.52. The van der Waals surface area contributed by atoms with Gasteiger partial charge in [-0.2, -0.15) is 0 Å². The minimum atomic E-state index is 0.158. The van der Waals surface area contributed by atoms with Crippen LogP contribution < -0.4 is 9.47 Å². The maximum Gasteiger partial charge on any atom is 0.231 e. The van der Waals surface area contributed by atoms with Crippen LogP contribution in [0.2, 0.25) is 0 Å². The molecular weight excluding hydrogens is 290 g/mol. The Bertz CT molecular complexity index is 631. The summed E-state index contributed by atoms with van der Waals surface area (Å²) in [5, 5.41) is 0. The first-order valence-electron chi connectivity index (χ1n) is 9.02. The van der Waals surface area contributed by atoms with Gasteiger partial charge >= 0.3 is 0 Å². The van der Waals surface area contributed by atoms with Crippen LogP contribution >= 0.6 is 0 Å². The Labute approximate surface area is 137 Å². The van der Waals surface area contributed by atoms with Gasteiger partial charge in [-0.1, -0.05) is 0 Å². The van der Waals surface area contributed by atoms with Gasteiger partial charge in [-0.25, -0.2) is 0 Å². The highest BCUT2D eigenvalue weighted by Crippen LogP contribution is 2.56. The molecule has 2 fully saturated rings. The number of fused-ring (bicyclic) bond motifs is 2. The zero-order valence-electron chi connectivity index (χ0n) is 13.8. The summed E-state index contributed by atoms with van der Waals surface area (Å²) in [5.41, 5.74) is 3.13. The molecule has 124 valence electrons. The van der Waals surface area contributed by atoms with Crippen LogP contribution in [-0.2, 0) is 16.7 Å². The molecule has 0 amide bonds. The molecule has 5 rings (SSSR count). The summed E-state index contributed by atoms with van der Waals surface area (Å²) in [6.45, 7) is 2.79. The van der Waals surface area contributed by atoms with Crippen LogP contribution in [0.15, 0.2) is 12.1 Å². The van der Waals surface area contributed by atoms with E-state index >= 15 is 0 Å². The summed E-state index contributed by atoms with van der Waals surface area (Å²) in [7, 11) is 1.87. The fraction of sp³-hybridized carbons (Fsp3) is 0.684. The smallest absolute Gasteiger partial charge is 0.231 e. The molecule has 1 saturated heterocycles. The van der Waals surface area contributed by atoms with E-state index in [9.17, 15) is 0 Å². The van der Waals surface area contributed by atoms with Gasteiger partial charge in [0, 0.05) is 7.11 Å². The molecule has 1 spiro atoms. The molecule has 23 heavy (non-hydrogen) atoms. The van der Waals surface area contributed by atoms with Gasteiger partial charge in [0.2, 0.25) is 6.79 Å². The van der Waals surface area contributed by atoms with Gasteiger partial charge < -0.3 is 14.2 Å². The van der Waals surface area contributed by atoms with Crippen molar-refractivity contribution in [3.05, 3.63) is 23.3 Å². The number of hydrogen-bond donors (Lipinski definition) is 0. The summed E-state index contributed by atoms with van der Waals surface area (Å²) >= 11 is 0. The van der Waals surface area contributed by atoms with Crippen LogP contribution in [0.25, 0.3) is 0 Å². The Kier molecular flexibility index (Phi) is 3.14. The second kappa shape index (κ2) is 5.12. The Morgan fingerprint density at radius 2 is 2.00 bits per heavy atom. The average molecular weight is 315 g/mol. The molecule has 1 aliphatic carbocycles. The molecule has 0 aromatic heterocycles. The predicted octanol–water partition coefficient (Wildman–Crippen LogP) is 3.08. The normalized spacial score (nSPS) is 35.3. The van der Waals surface area contributed by atoms with Crippen LogP contribution in [-0.4, -0.2) is 38.0 Å². The lowest BCUT2D eigenvalue weighted by molar-refractivity contribution is -0.0281. The number of benzene rings is 1. The fourth-order valence-corrected chi connectivity index (χ4v) is 5.59. The first kappa shape index (κ1) is 14.1. The van der Waals surface area contributed by atoms with Crippen LogP contribution in [0, 0.1) is 5.92 Å². The van der Waals surface area contributed by atoms with Crippen molar-refractivity contribution in [2.75, 3.05) is 27.0 Å². The number of nitrogens with zero attached hydrogens (tertiary/aromatic N) is 1. The van der Waals surface area contributed by atoms with E-state index in [1.807, 2.05) is 7.11 Å². The summed E-state index contributed by atoms with van der Waals surface area (Å²) in [5.74, 6) is 2.62. The van der Waals surface area contributed by atoms with Gasteiger partial charge in [0.05, 0.1) is 11.6 Å². The van der Waals surface area contributed by atoms with E-state index in [4.69, 9.17) is 14.2 Å². The van der Waals surface area contributed by atoms with E-state index in [-0.39, 0.29) is 5.54 Å². The molecule has 0 unspecified atom stereocenters. The number of hydrogen-bond acceptors (Lipinski definition) is 4. The number of aryl methyl sites for hydroxylation is 1. The van der Waals surface area contributed by atoms with Gasteiger partial charge in [0.25, 0.3) is 0 Å². The Morgan fingerprint density at radius 1 is 1.13 bits per heavy atom. The first-order chi connectivity index (χ1) is 11.3.